The molecule has 0 amide bonds. The molecule has 25 heavy (non-hydrogen) atoms. The molecule has 0 bridgehead atoms. The number of benzene rings is 2. The van der Waals surface area contributed by atoms with Crippen LogP contribution in [0.2, 0.25) is 0 Å². The van der Waals surface area contributed by atoms with Crippen LogP contribution in [0.3, 0.4) is 0 Å². The van der Waals surface area contributed by atoms with Gasteiger partial charge in [0.1, 0.15) is 0 Å². The predicted molar refractivity (Wildman–Crippen MR) is 98.0 cm³/mol. The molecule has 0 aromatic heterocycles. The largest absolute Gasteiger partial charge is 0.272 e. The topological polar surface area (TPSA) is 141 Å². The molecule has 0 saturated heterocycles. The first-order valence-electron chi connectivity index (χ1n) is 7.40. The first-order valence-corrected chi connectivity index (χ1v) is 7.40. The van der Waals surface area contributed by atoms with Gasteiger partial charge < -0.3 is 0 Å². The number of hydrogen-bond donors (Lipinski definition) is 0. The predicted octanol–water partition coefficient (Wildman–Crippen LogP) is 6.81. The minimum absolute atomic E-state index is 0.0371. The van der Waals surface area contributed by atoms with Gasteiger partial charge in [-0.25, -0.2) is 0 Å². The second-order valence-corrected chi connectivity index (χ2v) is 4.44. The number of azide groups is 2. The molecule has 0 aliphatic heterocycles. The number of hydrogen-bond acceptors (Lipinski definition) is 4. The summed E-state index contributed by atoms with van der Waals surface area (Å²) in [7, 11) is 0. The standard InChI is InChI=1S/C7H6N4O2.C7H7N3.C2H6/c1-5-2-3-6(9-10-8)4-7(5)11(12)13;1-6-2-4-7(5-3-6)9-10-8;1-2/h2-4H,1H3;2-5H,1H3;1-2H3. The fourth-order valence-corrected chi connectivity index (χ4v) is 1.57. The van der Waals surface area contributed by atoms with E-state index >= 15 is 0 Å². The minimum atomic E-state index is -0.508. The van der Waals surface area contributed by atoms with Crippen molar-refractivity contribution in [2.24, 2.45) is 10.2 Å². The number of nitro groups is 1. The molecular weight excluding hydrogens is 322 g/mol. The second-order valence-electron chi connectivity index (χ2n) is 4.44. The summed E-state index contributed by atoms with van der Waals surface area (Å²) in [6, 6.07) is 11.7. The Hall–Kier alpha value is -3.54. The van der Waals surface area contributed by atoms with Gasteiger partial charge in [-0.1, -0.05) is 66.0 Å². The number of aryl methyl sites for hydroxylation is 2. The Morgan fingerprint density at radius 2 is 1.40 bits per heavy atom. The summed E-state index contributed by atoms with van der Waals surface area (Å²) in [4.78, 5) is 15.1. The normalized spacial score (nSPS) is 8.32. The van der Waals surface area contributed by atoms with Crippen molar-refractivity contribution >= 4 is 17.1 Å². The zero-order valence-corrected chi connectivity index (χ0v) is 14.5. The lowest BCUT2D eigenvalue weighted by Gasteiger charge is -1.96. The van der Waals surface area contributed by atoms with E-state index in [9.17, 15) is 10.1 Å². The van der Waals surface area contributed by atoms with E-state index in [1.165, 1.54) is 12.1 Å². The second kappa shape index (κ2) is 12.0. The molecule has 0 fully saturated rings. The molecule has 0 saturated carbocycles. The van der Waals surface area contributed by atoms with Gasteiger partial charge in [0.2, 0.25) is 0 Å². The van der Waals surface area contributed by atoms with E-state index < -0.39 is 4.92 Å². The number of nitro benzene ring substituents is 1. The van der Waals surface area contributed by atoms with Crippen molar-refractivity contribution in [1.82, 2.24) is 0 Å². The van der Waals surface area contributed by atoms with Crippen molar-refractivity contribution in [3.8, 4) is 0 Å². The van der Waals surface area contributed by atoms with Gasteiger partial charge >= 0.3 is 0 Å². The average Bonchev–Trinajstić information content (AvgIpc) is 2.61. The molecule has 0 heterocycles. The third-order valence-electron chi connectivity index (χ3n) is 2.74. The van der Waals surface area contributed by atoms with Crippen LogP contribution in [-0.4, -0.2) is 4.92 Å². The molecule has 0 atom stereocenters. The maximum absolute atomic E-state index is 10.4. The summed E-state index contributed by atoms with van der Waals surface area (Å²) in [5.41, 5.74) is 18.7. The lowest BCUT2D eigenvalue weighted by molar-refractivity contribution is -0.385. The summed E-state index contributed by atoms with van der Waals surface area (Å²) < 4.78 is 0. The van der Waals surface area contributed by atoms with Gasteiger partial charge in [-0.15, -0.1) is 0 Å². The fourth-order valence-electron chi connectivity index (χ4n) is 1.57. The Bertz CT molecular complexity index is 791. The van der Waals surface area contributed by atoms with Crippen LogP contribution in [0, 0.1) is 24.0 Å². The van der Waals surface area contributed by atoms with Gasteiger partial charge in [0, 0.05) is 32.8 Å². The molecule has 130 valence electrons. The van der Waals surface area contributed by atoms with Crippen LogP contribution >= 0.6 is 0 Å². The van der Waals surface area contributed by atoms with Crippen LogP contribution in [0.5, 0.6) is 0 Å². The summed E-state index contributed by atoms with van der Waals surface area (Å²) in [6.45, 7) is 7.61. The number of rotatable bonds is 3. The Labute approximate surface area is 145 Å². The molecule has 0 radical (unpaired) electrons. The van der Waals surface area contributed by atoms with Crippen molar-refractivity contribution in [3.63, 3.8) is 0 Å². The van der Waals surface area contributed by atoms with Crippen molar-refractivity contribution < 1.29 is 4.92 Å². The first kappa shape index (κ1) is 21.5. The molecule has 9 nitrogen and oxygen atoms in total. The Kier molecular flexibility index (Phi) is 10.3. The molecule has 0 spiro atoms. The third kappa shape index (κ3) is 8.03. The first-order chi connectivity index (χ1) is 12.0. The highest BCUT2D eigenvalue weighted by Gasteiger charge is 2.09. The maximum atomic E-state index is 10.4. The van der Waals surface area contributed by atoms with Gasteiger partial charge in [0.15, 0.2) is 0 Å². The Morgan fingerprint density at radius 3 is 1.88 bits per heavy atom. The lowest BCUT2D eigenvalue weighted by atomic mass is 10.2. The van der Waals surface area contributed by atoms with Crippen LogP contribution in [0.1, 0.15) is 25.0 Å². The van der Waals surface area contributed by atoms with Gasteiger partial charge in [-0.2, -0.15) is 0 Å². The van der Waals surface area contributed by atoms with Crippen molar-refractivity contribution in [2.45, 2.75) is 27.7 Å². The van der Waals surface area contributed by atoms with Crippen LogP contribution in [0.25, 0.3) is 20.9 Å². The van der Waals surface area contributed by atoms with Crippen LogP contribution < -0.4 is 0 Å². The summed E-state index contributed by atoms with van der Waals surface area (Å²) >= 11 is 0. The highest BCUT2D eigenvalue weighted by molar-refractivity contribution is 5.51. The molecule has 2 aromatic rings. The monoisotopic (exact) mass is 341 g/mol. The van der Waals surface area contributed by atoms with Crippen LogP contribution in [-0.2, 0) is 0 Å². The molecule has 0 unspecified atom stereocenters. The molecule has 0 aliphatic carbocycles. The van der Waals surface area contributed by atoms with Gasteiger partial charge in [-0.3, -0.25) is 10.1 Å². The highest BCUT2D eigenvalue weighted by Crippen LogP contribution is 2.23. The van der Waals surface area contributed by atoms with E-state index in [1.807, 2.05) is 32.9 Å². The molecule has 0 aliphatic rings. The van der Waals surface area contributed by atoms with E-state index in [0.29, 0.717) is 11.3 Å². The van der Waals surface area contributed by atoms with E-state index in [4.69, 9.17) is 11.1 Å². The summed E-state index contributed by atoms with van der Waals surface area (Å²) in [5.74, 6) is 0. The van der Waals surface area contributed by atoms with Gasteiger partial charge in [0.05, 0.1) is 4.92 Å². The van der Waals surface area contributed by atoms with Crippen LogP contribution in [0.4, 0.5) is 17.1 Å². The third-order valence-corrected chi connectivity index (χ3v) is 2.74. The van der Waals surface area contributed by atoms with Crippen LogP contribution in [0.15, 0.2) is 52.7 Å². The Balaban J connectivity index is 0.000000430. The summed E-state index contributed by atoms with van der Waals surface area (Å²) in [5, 5.41) is 17.1. The quantitative estimate of drug-likeness (QED) is 0.199. The smallest absolute Gasteiger partial charge is 0.258 e. The minimum Gasteiger partial charge on any atom is -0.258 e. The fraction of sp³-hybridized carbons (Fsp3) is 0.250. The van der Waals surface area contributed by atoms with E-state index in [0.717, 1.165) is 5.56 Å². The molecule has 9 heteroatoms. The zero-order valence-electron chi connectivity index (χ0n) is 14.5. The van der Waals surface area contributed by atoms with Gasteiger partial charge in [0.25, 0.3) is 5.69 Å². The van der Waals surface area contributed by atoms with Crippen molar-refractivity contribution in [3.05, 3.63) is 84.6 Å². The van der Waals surface area contributed by atoms with E-state index in [1.54, 1.807) is 25.1 Å². The number of nitrogens with zero attached hydrogens (tertiary/aromatic N) is 7. The SMILES string of the molecule is CC.Cc1ccc(N=[N+]=[N-])cc1.Cc1ccc(N=[N+]=[N-])cc1[N+](=O)[O-]. The van der Waals surface area contributed by atoms with Gasteiger partial charge in [-0.05, 0) is 24.9 Å². The van der Waals surface area contributed by atoms with E-state index in [-0.39, 0.29) is 11.4 Å². The molecule has 2 aromatic carbocycles. The van der Waals surface area contributed by atoms with E-state index in [2.05, 4.69) is 20.1 Å². The highest BCUT2D eigenvalue weighted by atomic mass is 16.6. The Morgan fingerprint density at radius 1 is 0.920 bits per heavy atom. The summed E-state index contributed by atoms with van der Waals surface area (Å²) in [6.07, 6.45) is 0. The maximum Gasteiger partial charge on any atom is 0.272 e. The zero-order chi connectivity index (χ0) is 19.2. The molecule has 0 N–H and O–H groups in total. The lowest BCUT2D eigenvalue weighted by Crippen LogP contribution is -1.90. The van der Waals surface area contributed by atoms with Crippen molar-refractivity contribution in [1.29, 1.82) is 0 Å². The average molecular weight is 341 g/mol. The van der Waals surface area contributed by atoms with Crippen molar-refractivity contribution in [2.75, 3.05) is 0 Å². The molecule has 2 rings (SSSR count). The molecular formula is C16H19N7O2.